The van der Waals surface area contributed by atoms with Crippen molar-refractivity contribution in [1.82, 2.24) is 19.0 Å². The molecule has 10 heteroatoms. The molecule has 0 bridgehead atoms. The van der Waals surface area contributed by atoms with Crippen molar-refractivity contribution >= 4 is 23.6 Å². The molecule has 3 aromatic rings. The van der Waals surface area contributed by atoms with Gasteiger partial charge in [0.1, 0.15) is 17.9 Å². The maximum Gasteiger partial charge on any atom is 0.329 e. The third-order valence-electron chi connectivity index (χ3n) is 5.32. The van der Waals surface area contributed by atoms with Gasteiger partial charge < -0.3 is 19.9 Å². The monoisotopic (exact) mass is 480 g/mol. The van der Waals surface area contributed by atoms with Gasteiger partial charge in [0.15, 0.2) is 0 Å². The number of aliphatic carboxylic acids is 1. The molecule has 1 aliphatic carbocycles. The van der Waals surface area contributed by atoms with Crippen LogP contribution in [0.1, 0.15) is 40.9 Å². The molecule has 1 aliphatic rings. The van der Waals surface area contributed by atoms with Crippen LogP contribution in [0, 0.1) is 0 Å². The van der Waals surface area contributed by atoms with E-state index >= 15 is 0 Å². The Labute approximate surface area is 200 Å². The number of carbonyl (C=O) groups is 2. The van der Waals surface area contributed by atoms with Gasteiger partial charge in [-0.25, -0.2) is 9.78 Å². The molecule has 0 saturated carbocycles. The molecule has 0 saturated heterocycles. The van der Waals surface area contributed by atoms with Crippen LogP contribution in [-0.2, 0) is 16.0 Å². The lowest BCUT2D eigenvalue weighted by molar-refractivity contribution is -0.144. The molecule has 0 aliphatic heterocycles. The van der Waals surface area contributed by atoms with Crippen molar-refractivity contribution in [2.45, 2.75) is 31.8 Å². The molecule has 0 spiro atoms. The number of carboxylic acid groups (broad SMARTS) is 1. The summed E-state index contributed by atoms with van der Waals surface area (Å²) < 4.78 is 19.8. The molecular weight excluding hydrogens is 456 g/mol. The van der Waals surface area contributed by atoms with E-state index in [0.717, 1.165) is 35.7 Å². The average molecular weight is 481 g/mol. The summed E-state index contributed by atoms with van der Waals surface area (Å²) in [6, 6.07) is 13.2. The van der Waals surface area contributed by atoms with Crippen LogP contribution in [-0.4, -0.2) is 50.0 Å². The molecule has 2 aromatic heterocycles. The van der Waals surface area contributed by atoms with Gasteiger partial charge in [0, 0.05) is 19.2 Å². The van der Waals surface area contributed by atoms with E-state index < -0.39 is 5.97 Å². The van der Waals surface area contributed by atoms with E-state index in [4.69, 9.17) is 14.6 Å². The number of carboxylic acids is 1. The molecular formula is C24H24N4O5S. The zero-order valence-electron chi connectivity index (χ0n) is 18.3. The van der Waals surface area contributed by atoms with E-state index in [9.17, 15) is 9.59 Å². The molecule has 1 unspecified atom stereocenters. The second kappa shape index (κ2) is 11.5. The number of amides is 1. The van der Waals surface area contributed by atoms with Crippen molar-refractivity contribution in [3.8, 4) is 11.8 Å². The van der Waals surface area contributed by atoms with Gasteiger partial charge in [-0.3, -0.25) is 4.79 Å². The Balaban J connectivity index is 1.36. The lowest BCUT2D eigenvalue weighted by Gasteiger charge is -2.22. The number of benzene rings is 1. The molecule has 1 atom stereocenters. The van der Waals surface area contributed by atoms with Gasteiger partial charge in [0.2, 0.25) is 5.88 Å². The first-order valence-electron chi connectivity index (χ1n) is 10.9. The summed E-state index contributed by atoms with van der Waals surface area (Å²) in [7, 11) is 0. The van der Waals surface area contributed by atoms with Gasteiger partial charge in [-0.1, -0.05) is 42.0 Å². The van der Waals surface area contributed by atoms with Crippen molar-refractivity contribution in [2.75, 3.05) is 13.2 Å². The van der Waals surface area contributed by atoms with Crippen LogP contribution in [0.3, 0.4) is 0 Å². The first-order valence-corrected chi connectivity index (χ1v) is 11.6. The molecule has 4 rings (SSSR count). The molecule has 176 valence electrons. The highest BCUT2D eigenvalue weighted by Crippen LogP contribution is 2.27. The predicted molar refractivity (Wildman–Crippen MR) is 125 cm³/mol. The number of rotatable bonds is 10. The van der Waals surface area contributed by atoms with Gasteiger partial charge >= 0.3 is 5.97 Å². The Hall–Kier alpha value is -3.63. The highest BCUT2D eigenvalue weighted by atomic mass is 32.1. The van der Waals surface area contributed by atoms with Crippen LogP contribution < -0.4 is 10.1 Å². The van der Waals surface area contributed by atoms with Crippen molar-refractivity contribution in [3.05, 3.63) is 77.1 Å². The first kappa shape index (κ1) is 23.5. The Bertz CT molecular complexity index is 1160. The van der Waals surface area contributed by atoms with E-state index in [-0.39, 0.29) is 24.5 Å². The Kier molecular flexibility index (Phi) is 7.95. The summed E-state index contributed by atoms with van der Waals surface area (Å²) in [5, 5.41) is 11.6. The second-order valence-corrected chi connectivity index (χ2v) is 8.31. The van der Waals surface area contributed by atoms with Gasteiger partial charge in [-0.05, 0) is 37.0 Å². The SMILES string of the molecule is O=C(O)COC1CC=C(CNC(=O)c2cccnc2Oc2nsnc2Cc2ccccc2)CC1. The van der Waals surface area contributed by atoms with Crippen LogP contribution in [0.15, 0.2) is 60.3 Å². The van der Waals surface area contributed by atoms with E-state index in [1.54, 1.807) is 18.3 Å². The van der Waals surface area contributed by atoms with Crippen molar-refractivity contribution in [2.24, 2.45) is 0 Å². The Morgan fingerprint density at radius 1 is 1.12 bits per heavy atom. The van der Waals surface area contributed by atoms with Crippen molar-refractivity contribution in [3.63, 3.8) is 0 Å². The topological polar surface area (TPSA) is 124 Å². The number of aromatic nitrogens is 3. The fourth-order valence-corrected chi connectivity index (χ4v) is 4.06. The van der Waals surface area contributed by atoms with E-state index in [2.05, 4.69) is 19.0 Å². The molecule has 1 amide bonds. The van der Waals surface area contributed by atoms with Crippen LogP contribution in [0.2, 0.25) is 0 Å². The predicted octanol–water partition coefficient (Wildman–Crippen LogP) is 3.63. The zero-order chi connectivity index (χ0) is 23.8. The van der Waals surface area contributed by atoms with Crippen molar-refractivity contribution < 1.29 is 24.2 Å². The maximum absolute atomic E-state index is 12.9. The van der Waals surface area contributed by atoms with Crippen LogP contribution in [0.4, 0.5) is 0 Å². The maximum atomic E-state index is 12.9. The highest BCUT2D eigenvalue weighted by Gasteiger charge is 2.20. The third kappa shape index (κ3) is 6.46. The number of hydrogen-bond donors (Lipinski definition) is 2. The summed E-state index contributed by atoms with van der Waals surface area (Å²) in [6.45, 7) is 0.0895. The van der Waals surface area contributed by atoms with Crippen LogP contribution >= 0.6 is 11.7 Å². The third-order valence-corrected chi connectivity index (χ3v) is 5.87. The number of hydrogen-bond acceptors (Lipinski definition) is 8. The average Bonchev–Trinajstić information content (AvgIpc) is 3.29. The number of ether oxygens (including phenoxy) is 2. The molecule has 0 radical (unpaired) electrons. The molecule has 2 heterocycles. The lowest BCUT2D eigenvalue weighted by atomic mass is 9.97. The normalized spacial score (nSPS) is 15.4. The van der Waals surface area contributed by atoms with Gasteiger partial charge in [-0.15, -0.1) is 4.37 Å². The number of pyridine rings is 1. The lowest BCUT2D eigenvalue weighted by Crippen LogP contribution is -2.28. The molecule has 9 nitrogen and oxygen atoms in total. The summed E-state index contributed by atoms with van der Waals surface area (Å²) >= 11 is 1.05. The largest absolute Gasteiger partial charge is 0.480 e. The molecule has 2 N–H and O–H groups in total. The summed E-state index contributed by atoms with van der Waals surface area (Å²) in [6.07, 6.45) is 6.08. The summed E-state index contributed by atoms with van der Waals surface area (Å²) in [5.74, 6) is -0.774. The van der Waals surface area contributed by atoms with E-state index in [1.807, 2.05) is 36.4 Å². The molecule has 1 aromatic carbocycles. The molecule has 0 fully saturated rings. The van der Waals surface area contributed by atoms with E-state index in [0.29, 0.717) is 36.5 Å². The Morgan fingerprint density at radius 3 is 2.74 bits per heavy atom. The highest BCUT2D eigenvalue weighted by molar-refractivity contribution is 6.99. The number of nitrogens with one attached hydrogen (secondary N) is 1. The minimum absolute atomic E-state index is 0.106. The first-order chi connectivity index (χ1) is 16.6. The zero-order valence-corrected chi connectivity index (χ0v) is 19.2. The van der Waals surface area contributed by atoms with Gasteiger partial charge in [0.25, 0.3) is 11.8 Å². The fourth-order valence-electron chi connectivity index (χ4n) is 3.56. The van der Waals surface area contributed by atoms with Crippen molar-refractivity contribution in [1.29, 1.82) is 0 Å². The number of nitrogens with zero attached hydrogens (tertiary/aromatic N) is 3. The van der Waals surface area contributed by atoms with Gasteiger partial charge in [0.05, 0.1) is 17.8 Å². The van der Waals surface area contributed by atoms with Crippen LogP contribution in [0.25, 0.3) is 0 Å². The quantitative estimate of drug-likeness (QED) is 0.422. The summed E-state index contributed by atoms with van der Waals surface area (Å²) in [4.78, 5) is 27.7. The second-order valence-electron chi connectivity index (χ2n) is 7.78. The van der Waals surface area contributed by atoms with Gasteiger partial charge in [-0.2, -0.15) is 4.37 Å². The number of carbonyl (C=O) groups excluding carboxylic acids is 1. The minimum atomic E-state index is -0.975. The van der Waals surface area contributed by atoms with Crippen LogP contribution in [0.5, 0.6) is 11.8 Å². The minimum Gasteiger partial charge on any atom is -0.480 e. The standard InChI is InChI=1S/C24H24N4O5S/c29-21(30)15-32-18-10-8-17(9-11-18)14-26-22(31)19-7-4-12-25-23(19)33-24-20(27-34-28-24)13-16-5-2-1-3-6-16/h1-8,12,18H,9-11,13-15H2,(H,26,31)(H,29,30). The summed E-state index contributed by atoms with van der Waals surface area (Å²) in [5.41, 5.74) is 3.14. The van der Waals surface area contributed by atoms with E-state index in [1.165, 1.54) is 0 Å². The fraction of sp³-hybridized carbons (Fsp3) is 0.292. The smallest absolute Gasteiger partial charge is 0.329 e. The Morgan fingerprint density at radius 2 is 1.97 bits per heavy atom. The molecule has 34 heavy (non-hydrogen) atoms.